The van der Waals surface area contributed by atoms with Crippen molar-refractivity contribution in [2.24, 2.45) is 0 Å². The molecule has 2 atom stereocenters. The minimum atomic E-state index is -0.226. The van der Waals surface area contributed by atoms with Gasteiger partial charge in [-0.25, -0.2) is 4.98 Å². The van der Waals surface area contributed by atoms with Gasteiger partial charge in [-0.1, -0.05) is 11.8 Å². The maximum atomic E-state index is 11.5. The summed E-state index contributed by atoms with van der Waals surface area (Å²) in [5.41, 5.74) is 3.16. The third-order valence-electron chi connectivity index (χ3n) is 4.24. The number of thioether (sulfide) groups is 1. The van der Waals surface area contributed by atoms with Crippen LogP contribution in [0.4, 0.5) is 5.69 Å². The fourth-order valence-corrected chi connectivity index (χ4v) is 4.73. The van der Waals surface area contributed by atoms with Crippen LogP contribution in [0.2, 0.25) is 0 Å². The van der Waals surface area contributed by atoms with Gasteiger partial charge in [-0.2, -0.15) is 0 Å². The van der Waals surface area contributed by atoms with Gasteiger partial charge in [-0.3, -0.25) is 4.79 Å². The Labute approximate surface area is 168 Å². The van der Waals surface area contributed by atoms with Gasteiger partial charge in [0.25, 0.3) is 0 Å². The largest absolute Gasteiger partial charge is 0.466 e. The fourth-order valence-electron chi connectivity index (χ4n) is 2.84. The highest BCUT2D eigenvalue weighted by atomic mass is 32.2. The first-order valence-electron chi connectivity index (χ1n) is 9.04. The summed E-state index contributed by atoms with van der Waals surface area (Å²) in [6, 6.07) is 8.51. The topological polar surface area (TPSA) is 68.3 Å². The molecule has 0 radical (unpaired) electrons. The molecule has 0 saturated carbocycles. The zero-order chi connectivity index (χ0) is 19.2. The highest BCUT2D eigenvalue weighted by Crippen LogP contribution is 2.26. The van der Waals surface area contributed by atoms with E-state index >= 15 is 0 Å². The molecule has 3 rings (SSSR count). The lowest BCUT2D eigenvalue weighted by molar-refractivity contribution is -0.697. The summed E-state index contributed by atoms with van der Waals surface area (Å²) in [5.74, 6) is 0.631. The standard InChI is InChI=1S/C19H25N3O3S2/c1-4-24-17(23)9-14-11-26-19(21-14)27-12-16-10-20-18(25-16)13-5-7-15(8-6-13)22(2)3/h5-8,11,16,18,20H,4,9-10,12H2,1-3H3/p+1/t16-,18+/m1/s1. The van der Waals surface area contributed by atoms with Gasteiger partial charge < -0.3 is 19.7 Å². The Kier molecular flexibility index (Phi) is 7.12. The summed E-state index contributed by atoms with van der Waals surface area (Å²) in [7, 11) is 4.08. The molecule has 6 nitrogen and oxygen atoms in total. The zero-order valence-corrected chi connectivity index (χ0v) is 17.5. The van der Waals surface area contributed by atoms with E-state index in [9.17, 15) is 4.79 Å². The van der Waals surface area contributed by atoms with Crippen molar-refractivity contribution < 1.29 is 19.6 Å². The predicted octanol–water partition coefficient (Wildman–Crippen LogP) is 2.07. The molecule has 1 aromatic heterocycles. The van der Waals surface area contributed by atoms with Gasteiger partial charge in [-0.05, 0) is 31.2 Å². The van der Waals surface area contributed by atoms with Crippen LogP contribution in [0.5, 0.6) is 0 Å². The lowest BCUT2D eigenvalue weighted by atomic mass is 10.2. The quantitative estimate of drug-likeness (QED) is 0.533. The summed E-state index contributed by atoms with van der Waals surface area (Å²) in [4.78, 5) is 18.1. The van der Waals surface area contributed by atoms with Crippen LogP contribution in [-0.2, 0) is 20.7 Å². The van der Waals surface area contributed by atoms with Crippen molar-refractivity contribution in [3.05, 3.63) is 40.9 Å². The van der Waals surface area contributed by atoms with Gasteiger partial charge in [0.05, 0.1) is 18.7 Å². The second-order valence-corrected chi connectivity index (χ2v) is 8.66. The Bertz CT molecular complexity index is 749. The first kappa shape index (κ1) is 20.1. The first-order chi connectivity index (χ1) is 13.0. The Hall–Kier alpha value is -1.61. The number of carbonyl (C=O) groups excluding carboxylic acids is 1. The van der Waals surface area contributed by atoms with Crippen molar-refractivity contribution in [3.8, 4) is 0 Å². The number of aromatic nitrogens is 1. The number of nitrogens with two attached hydrogens (primary N) is 1. The van der Waals surface area contributed by atoms with Crippen LogP contribution in [0.15, 0.2) is 34.0 Å². The predicted molar refractivity (Wildman–Crippen MR) is 108 cm³/mol. The molecule has 0 spiro atoms. The molecule has 0 bridgehead atoms. The number of ether oxygens (including phenoxy) is 2. The maximum Gasteiger partial charge on any atom is 0.311 e. The number of quaternary nitrogens is 1. The molecular formula is C19H26N3O3S2+. The Balaban J connectivity index is 1.46. The summed E-state index contributed by atoms with van der Waals surface area (Å²) in [6.07, 6.45) is 0.484. The van der Waals surface area contributed by atoms with E-state index in [1.807, 2.05) is 26.4 Å². The van der Waals surface area contributed by atoms with E-state index in [1.165, 1.54) is 11.3 Å². The van der Waals surface area contributed by atoms with Gasteiger partial charge in [0.2, 0.25) is 6.23 Å². The zero-order valence-electron chi connectivity index (χ0n) is 15.9. The van der Waals surface area contributed by atoms with E-state index in [4.69, 9.17) is 9.47 Å². The van der Waals surface area contributed by atoms with E-state index in [0.29, 0.717) is 6.61 Å². The molecule has 2 N–H and O–H groups in total. The molecular weight excluding hydrogens is 382 g/mol. The SMILES string of the molecule is CCOC(=O)Cc1csc(SC[C@H]2C[NH2+][C@H](c3ccc(N(C)C)cc3)O2)n1. The number of anilines is 1. The normalized spacial score (nSPS) is 19.2. The number of hydrogen-bond acceptors (Lipinski definition) is 7. The molecule has 1 aliphatic rings. The first-order valence-corrected chi connectivity index (χ1v) is 10.9. The number of carbonyl (C=O) groups is 1. The summed E-state index contributed by atoms with van der Waals surface area (Å²) in [6.45, 7) is 3.15. The molecule has 1 aliphatic heterocycles. The molecule has 8 heteroatoms. The van der Waals surface area contributed by atoms with Gasteiger partial charge in [0.15, 0.2) is 0 Å². The van der Waals surface area contributed by atoms with E-state index < -0.39 is 0 Å². The van der Waals surface area contributed by atoms with E-state index in [1.54, 1.807) is 23.1 Å². The van der Waals surface area contributed by atoms with Gasteiger partial charge in [-0.15, -0.1) is 11.3 Å². The molecule has 1 aromatic carbocycles. The molecule has 2 aromatic rings. The molecule has 2 heterocycles. The molecule has 1 fully saturated rings. The third-order valence-corrected chi connectivity index (χ3v) is 6.45. The summed E-state index contributed by atoms with van der Waals surface area (Å²) < 4.78 is 12.1. The number of thiazole rings is 1. The highest BCUT2D eigenvalue weighted by molar-refractivity contribution is 8.01. The average Bonchev–Trinajstić information content (AvgIpc) is 3.29. The minimum Gasteiger partial charge on any atom is -0.466 e. The monoisotopic (exact) mass is 408 g/mol. The molecule has 27 heavy (non-hydrogen) atoms. The van der Waals surface area contributed by atoms with Crippen LogP contribution in [0.25, 0.3) is 0 Å². The van der Waals surface area contributed by atoms with Crippen molar-refractivity contribution in [1.29, 1.82) is 0 Å². The number of esters is 1. The third kappa shape index (κ3) is 5.68. The molecule has 146 valence electrons. The molecule has 0 amide bonds. The smallest absolute Gasteiger partial charge is 0.311 e. The lowest BCUT2D eigenvalue weighted by Gasteiger charge is -2.14. The van der Waals surface area contributed by atoms with E-state index in [0.717, 1.165) is 22.3 Å². The van der Waals surface area contributed by atoms with Crippen LogP contribution in [0.1, 0.15) is 24.4 Å². The van der Waals surface area contributed by atoms with Crippen LogP contribution < -0.4 is 10.2 Å². The van der Waals surface area contributed by atoms with Crippen LogP contribution in [0.3, 0.4) is 0 Å². The Morgan fingerprint density at radius 1 is 1.41 bits per heavy atom. The fraction of sp³-hybridized carbons (Fsp3) is 0.474. The average molecular weight is 409 g/mol. The number of nitrogens with zero attached hydrogens (tertiary/aromatic N) is 2. The Morgan fingerprint density at radius 3 is 2.89 bits per heavy atom. The van der Waals surface area contributed by atoms with Gasteiger partial charge in [0, 0.05) is 36.5 Å². The van der Waals surface area contributed by atoms with Crippen LogP contribution >= 0.6 is 23.1 Å². The van der Waals surface area contributed by atoms with Gasteiger partial charge >= 0.3 is 5.97 Å². The second kappa shape index (κ2) is 9.54. The van der Waals surface area contributed by atoms with Crippen molar-refractivity contribution in [1.82, 2.24) is 4.98 Å². The number of benzene rings is 1. The summed E-state index contributed by atoms with van der Waals surface area (Å²) in [5, 5.41) is 4.17. The lowest BCUT2D eigenvalue weighted by Crippen LogP contribution is -2.82. The van der Waals surface area contributed by atoms with E-state index in [-0.39, 0.29) is 24.7 Å². The van der Waals surface area contributed by atoms with Crippen molar-refractivity contribution in [2.45, 2.75) is 30.0 Å². The second-order valence-electron chi connectivity index (χ2n) is 6.53. The van der Waals surface area contributed by atoms with Crippen molar-refractivity contribution in [2.75, 3.05) is 37.9 Å². The maximum absolute atomic E-state index is 11.5. The van der Waals surface area contributed by atoms with Crippen LogP contribution in [-0.4, -0.2) is 50.1 Å². The number of rotatable bonds is 8. The summed E-state index contributed by atoms with van der Waals surface area (Å²) >= 11 is 3.25. The van der Waals surface area contributed by atoms with Crippen LogP contribution in [0, 0.1) is 0 Å². The number of hydrogen-bond donors (Lipinski definition) is 1. The molecule has 1 saturated heterocycles. The highest BCUT2D eigenvalue weighted by Gasteiger charge is 2.30. The molecule has 0 unspecified atom stereocenters. The van der Waals surface area contributed by atoms with Gasteiger partial charge in [0.1, 0.15) is 17.0 Å². The van der Waals surface area contributed by atoms with Crippen molar-refractivity contribution in [3.63, 3.8) is 0 Å². The minimum absolute atomic E-state index is 0.0579. The Morgan fingerprint density at radius 2 is 2.19 bits per heavy atom. The van der Waals surface area contributed by atoms with E-state index in [2.05, 4.69) is 39.5 Å². The van der Waals surface area contributed by atoms with Crippen molar-refractivity contribution >= 4 is 34.8 Å². The molecule has 0 aliphatic carbocycles.